The molecule has 0 spiro atoms. The summed E-state index contributed by atoms with van der Waals surface area (Å²) >= 11 is 9.62. The number of rotatable bonds is 8. The standard InChI is InChI=1S/C29H41N2.2C6H6S.C4H8O.Nd/c1-18(2)24-13-11-14-25(19(3)4)28(24)30-22(9)17-23(10)31-29-26(20(5)6)15-12-16-27(29)21(7)8;2*7-6-4-2-1-3-5-6;1-2-4-5-3-1;/h11-21H,1-10H3;2*1-5,7H;1-4H2;/q-1;;;;+3/p-2/b22-17-,31-23?;;;;. The number of ether oxygens (including phenoxy) is 1. The predicted octanol–water partition coefficient (Wildman–Crippen LogP) is 13.9. The Bertz CT molecular complexity index is 1500. The topological polar surface area (TPSA) is 35.7 Å². The van der Waals surface area contributed by atoms with Crippen LogP contribution in [0.4, 0.5) is 11.4 Å². The second-order valence-electron chi connectivity index (χ2n) is 13.8. The van der Waals surface area contributed by atoms with Gasteiger partial charge in [0.05, 0.1) is 5.69 Å². The van der Waals surface area contributed by atoms with Gasteiger partial charge in [0, 0.05) is 18.9 Å². The number of benzene rings is 4. The molecule has 1 fully saturated rings. The molecule has 0 aliphatic carbocycles. The second kappa shape index (κ2) is 25.8. The van der Waals surface area contributed by atoms with Crippen LogP contribution in [-0.4, -0.2) is 18.9 Å². The van der Waals surface area contributed by atoms with Crippen LogP contribution in [0.15, 0.2) is 124 Å². The number of aliphatic imine (C=N–C) groups is 1. The summed E-state index contributed by atoms with van der Waals surface area (Å²) < 4.78 is 4.94. The van der Waals surface area contributed by atoms with Crippen LogP contribution in [-0.2, 0) is 30.0 Å². The van der Waals surface area contributed by atoms with Crippen molar-refractivity contribution >= 4 is 42.3 Å². The summed E-state index contributed by atoms with van der Waals surface area (Å²) in [5.74, 6) is 1.75. The molecule has 0 N–H and O–H groups in total. The summed E-state index contributed by atoms with van der Waals surface area (Å²) in [6.07, 6.45) is 4.67. The van der Waals surface area contributed by atoms with Crippen LogP contribution in [0, 0.1) is 40.8 Å². The van der Waals surface area contributed by atoms with E-state index < -0.39 is 0 Å². The van der Waals surface area contributed by atoms with Crippen molar-refractivity contribution in [1.29, 1.82) is 0 Å². The third-order valence-electron chi connectivity index (χ3n) is 7.99. The largest absolute Gasteiger partial charge is 3.00 e. The van der Waals surface area contributed by atoms with Crippen LogP contribution in [0.3, 0.4) is 0 Å². The van der Waals surface area contributed by atoms with Crippen molar-refractivity contribution in [3.8, 4) is 0 Å². The minimum Gasteiger partial charge on any atom is -0.780 e. The smallest absolute Gasteiger partial charge is 0.780 e. The van der Waals surface area contributed by atoms with E-state index in [1.165, 1.54) is 35.1 Å². The van der Waals surface area contributed by atoms with Gasteiger partial charge in [0.2, 0.25) is 0 Å². The van der Waals surface area contributed by atoms with Crippen molar-refractivity contribution in [1.82, 2.24) is 0 Å². The average Bonchev–Trinajstić information content (AvgIpc) is 3.66. The molecule has 0 amide bonds. The molecule has 0 unspecified atom stereocenters. The van der Waals surface area contributed by atoms with Gasteiger partial charge in [-0.3, -0.25) is 4.99 Å². The molecule has 0 saturated carbocycles. The van der Waals surface area contributed by atoms with Gasteiger partial charge in [0.15, 0.2) is 0 Å². The molecule has 1 aliphatic rings. The van der Waals surface area contributed by atoms with Crippen LogP contribution >= 0.6 is 0 Å². The average molecular weight is 852 g/mol. The normalized spacial score (nSPS) is 12.7. The first-order valence-electron chi connectivity index (χ1n) is 18.0. The summed E-state index contributed by atoms with van der Waals surface area (Å²) in [5.41, 5.74) is 9.45. The molecule has 0 bridgehead atoms. The second-order valence-corrected chi connectivity index (χ2v) is 14.7. The van der Waals surface area contributed by atoms with Crippen molar-refractivity contribution in [3.05, 3.63) is 136 Å². The summed E-state index contributed by atoms with van der Waals surface area (Å²) in [5, 5.41) is 5.08. The molecule has 3 nitrogen and oxygen atoms in total. The first-order valence-corrected chi connectivity index (χ1v) is 18.9. The van der Waals surface area contributed by atoms with E-state index in [0.717, 1.165) is 45.8 Å². The van der Waals surface area contributed by atoms with Crippen molar-refractivity contribution < 1.29 is 45.6 Å². The zero-order chi connectivity index (χ0) is 37.1. The molecular formula is C45H59N2NdOS2. The van der Waals surface area contributed by atoms with Gasteiger partial charge in [-0.1, -0.05) is 177 Å². The molecule has 1 radical (unpaired) electrons. The molecule has 5 rings (SSSR count). The van der Waals surface area contributed by atoms with E-state index in [-0.39, 0.29) is 40.8 Å². The summed E-state index contributed by atoms with van der Waals surface area (Å²) in [4.78, 5) is 6.89. The zero-order valence-electron chi connectivity index (χ0n) is 32.6. The minimum atomic E-state index is 0. The van der Waals surface area contributed by atoms with Crippen molar-refractivity contribution in [2.75, 3.05) is 13.2 Å². The van der Waals surface area contributed by atoms with Crippen LogP contribution in [0.25, 0.3) is 5.32 Å². The molecular weight excluding hydrogens is 793 g/mol. The fraction of sp³-hybridized carbons (Fsp3) is 0.400. The van der Waals surface area contributed by atoms with E-state index in [9.17, 15) is 0 Å². The number of allylic oxidation sites excluding steroid dienone is 2. The van der Waals surface area contributed by atoms with Crippen molar-refractivity contribution in [2.45, 2.75) is 116 Å². The van der Waals surface area contributed by atoms with Gasteiger partial charge >= 0.3 is 40.8 Å². The Labute approximate surface area is 354 Å². The molecule has 271 valence electrons. The third kappa shape index (κ3) is 17.9. The van der Waals surface area contributed by atoms with E-state index in [1.54, 1.807) is 0 Å². The Morgan fingerprint density at radius 3 is 1.25 bits per heavy atom. The quantitative estimate of drug-likeness (QED) is 0.131. The maximum Gasteiger partial charge on any atom is 3.00 e. The van der Waals surface area contributed by atoms with Gasteiger partial charge in [-0.05, 0) is 54.6 Å². The monoisotopic (exact) mass is 849 g/mol. The summed E-state index contributed by atoms with van der Waals surface area (Å²) in [7, 11) is 0. The van der Waals surface area contributed by atoms with Crippen LogP contribution < -0.4 is 0 Å². The summed E-state index contributed by atoms with van der Waals surface area (Å²) in [6, 6.07) is 32.4. The molecule has 1 heterocycles. The Hall–Kier alpha value is -2.16. The Morgan fingerprint density at radius 2 is 0.961 bits per heavy atom. The molecule has 1 aliphatic heterocycles. The molecule has 0 atom stereocenters. The molecule has 6 heteroatoms. The van der Waals surface area contributed by atoms with Gasteiger partial charge in [-0.15, -0.1) is 5.69 Å². The Balaban J connectivity index is 0.000000517. The molecule has 4 aromatic rings. The van der Waals surface area contributed by atoms with Crippen molar-refractivity contribution in [2.24, 2.45) is 4.99 Å². The van der Waals surface area contributed by atoms with E-state index >= 15 is 0 Å². The molecule has 51 heavy (non-hydrogen) atoms. The van der Waals surface area contributed by atoms with Gasteiger partial charge in [-0.25, -0.2) is 0 Å². The van der Waals surface area contributed by atoms with Crippen LogP contribution in [0.5, 0.6) is 0 Å². The minimum absolute atomic E-state index is 0. The van der Waals surface area contributed by atoms with Gasteiger partial charge in [-0.2, -0.15) is 15.5 Å². The number of para-hydroxylation sites is 2. The van der Waals surface area contributed by atoms with E-state index in [2.05, 4.69) is 112 Å². The Kier molecular flexibility index (Phi) is 23.7. The SMILES string of the molecule is C1CCOC1.CC(/C=C(/C)[N-]c1c(C(C)C)cccc1C(C)C)=Nc1c(C(C)C)cccc1C(C)C.[Nd+3].[S-]c1ccccc1.[S-]c1ccccc1. The Morgan fingerprint density at radius 1 is 0.588 bits per heavy atom. The van der Waals surface area contributed by atoms with Gasteiger partial charge < -0.3 is 35.3 Å². The predicted molar refractivity (Wildman–Crippen MR) is 223 cm³/mol. The molecule has 0 aromatic heterocycles. The number of hydrogen-bond acceptors (Lipinski definition) is 4. The number of hydrogen-bond donors (Lipinski definition) is 0. The van der Waals surface area contributed by atoms with E-state index in [0.29, 0.717) is 23.7 Å². The zero-order valence-corrected chi connectivity index (χ0v) is 37.4. The van der Waals surface area contributed by atoms with Crippen LogP contribution in [0.2, 0.25) is 0 Å². The first kappa shape index (κ1) is 46.9. The fourth-order valence-electron chi connectivity index (χ4n) is 5.35. The van der Waals surface area contributed by atoms with Gasteiger partial charge in [0.1, 0.15) is 0 Å². The maximum atomic E-state index is 5.08. The van der Waals surface area contributed by atoms with Crippen LogP contribution in [0.1, 0.15) is 128 Å². The molecule has 4 aromatic carbocycles. The van der Waals surface area contributed by atoms with E-state index in [4.69, 9.17) is 40.3 Å². The van der Waals surface area contributed by atoms with Gasteiger partial charge in [0.25, 0.3) is 0 Å². The van der Waals surface area contributed by atoms with E-state index in [1.807, 2.05) is 60.7 Å². The third-order valence-corrected chi connectivity index (χ3v) is 8.54. The maximum absolute atomic E-state index is 5.08. The first-order chi connectivity index (χ1) is 23.8. The van der Waals surface area contributed by atoms with Crippen molar-refractivity contribution in [3.63, 3.8) is 0 Å². The molecule has 1 saturated heterocycles. The summed E-state index contributed by atoms with van der Waals surface area (Å²) in [6.45, 7) is 24.1. The fourth-order valence-corrected chi connectivity index (χ4v) is 5.67. The number of nitrogens with zero attached hydrogens (tertiary/aromatic N) is 2.